The number of nitrogens with zero attached hydrogens (tertiary/aromatic N) is 1. The summed E-state index contributed by atoms with van der Waals surface area (Å²) in [6.45, 7) is 13.5. The minimum absolute atomic E-state index is 0.584. The topological polar surface area (TPSA) is 15.3 Å². The average Bonchev–Trinajstić information content (AvgIpc) is 2.78. The molecular weight excluding hydrogens is 256 g/mol. The molecule has 2 nitrogen and oxygen atoms in total. The molecular formula is C19H38N2. The van der Waals surface area contributed by atoms with Crippen molar-refractivity contribution in [3.8, 4) is 0 Å². The van der Waals surface area contributed by atoms with Crippen LogP contribution in [0.5, 0.6) is 0 Å². The predicted octanol–water partition coefficient (Wildman–Crippen LogP) is 4.30. The lowest BCUT2D eigenvalue weighted by Crippen LogP contribution is -2.43. The Morgan fingerprint density at radius 1 is 1.10 bits per heavy atom. The van der Waals surface area contributed by atoms with E-state index in [1.807, 2.05) is 0 Å². The van der Waals surface area contributed by atoms with Gasteiger partial charge in [0.1, 0.15) is 0 Å². The van der Waals surface area contributed by atoms with Gasteiger partial charge < -0.3 is 10.2 Å². The van der Waals surface area contributed by atoms with Crippen molar-refractivity contribution in [2.75, 3.05) is 32.7 Å². The van der Waals surface area contributed by atoms with Crippen molar-refractivity contribution in [3.63, 3.8) is 0 Å². The molecule has 1 heterocycles. The first-order chi connectivity index (χ1) is 10.1. The summed E-state index contributed by atoms with van der Waals surface area (Å²) >= 11 is 0. The van der Waals surface area contributed by atoms with E-state index in [0.717, 1.165) is 11.8 Å². The molecule has 0 spiro atoms. The minimum Gasteiger partial charge on any atom is -0.316 e. The molecule has 1 N–H and O–H groups in total. The molecule has 2 aliphatic rings. The lowest BCUT2D eigenvalue weighted by Gasteiger charge is -2.35. The summed E-state index contributed by atoms with van der Waals surface area (Å²) in [4.78, 5) is 2.80. The second-order valence-corrected chi connectivity index (χ2v) is 8.21. The third kappa shape index (κ3) is 5.56. The minimum atomic E-state index is 0.584. The van der Waals surface area contributed by atoms with Gasteiger partial charge in [-0.3, -0.25) is 0 Å². The van der Waals surface area contributed by atoms with Crippen molar-refractivity contribution in [1.29, 1.82) is 0 Å². The molecule has 0 radical (unpaired) electrons. The molecule has 2 rings (SSSR count). The lowest BCUT2D eigenvalue weighted by atomic mass is 9.85. The zero-order valence-corrected chi connectivity index (χ0v) is 14.8. The molecule has 1 saturated carbocycles. The molecule has 0 aromatic rings. The fraction of sp³-hybridized carbons (Fsp3) is 1.00. The summed E-state index contributed by atoms with van der Waals surface area (Å²) in [6, 6.07) is 0. The molecule has 0 bridgehead atoms. The van der Waals surface area contributed by atoms with Crippen LogP contribution in [0, 0.1) is 17.3 Å². The van der Waals surface area contributed by atoms with Gasteiger partial charge in [-0.05, 0) is 69.0 Å². The Hall–Kier alpha value is -0.0800. The molecule has 1 unspecified atom stereocenters. The molecule has 0 amide bonds. The lowest BCUT2D eigenvalue weighted by molar-refractivity contribution is 0.150. The van der Waals surface area contributed by atoms with Gasteiger partial charge in [-0.25, -0.2) is 0 Å². The number of likely N-dealkylation sites (tertiary alicyclic amines) is 1. The first-order valence-corrected chi connectivity index (χ1v) is 9.56. The van der Waals surface area contributed by atoms with E-state index in [1.165, 1.54) is 84.1 Å². The van der Waals surface area contributed by atoms with Gasteiger partial charge in [-0.15, -0.1) is 0 Å². The summed E-state index contributed by atoms with van der Waals surface area (Å²) in [5.74, 6) is 1.76. The average molecular weight is 295 g/mol. The van der Waals surface area contributed by atoms with Crippen LogP contribution in [-0.4, -0.2) is 37.6 Å². The Balaban J connectivity index is 1.84. The molecule has 1 saturated heterocycles. The third-order valence-electron chi connectivity index (χ3n) is 5.79. The smallest absolute Gasteiger partial charge is 0.00501 e. The Labute approximate surface area is 133 Å². The highest BCUT2D eigenvalue weighted by Crippen LogP contribution is 2.39. The van der Waals surface area contributed by atoms with Crippen molar-refractivity contribution in [2.45, 2.75) is 72.1 Å². The van der Waals surface area contributed by atoms with E-state index in [2.05, 4.69) is 31.0 Å². The highest BCUT2D eigenvalue weighted by atomic mass is 15.1. The molecule has 1 aliphatic carbocycles. The largest absolute Gasteiger partial charge is 0.316 e. The van der Waals surface area contributed by atoms with E-state index in [1.54, 1.807) is 0 Å². The van der Waals surface area contributed by atoms with Crippen LogP contribution < -0.4 is 5.32 Å². The third-order valence-corrected chi connectivity index (χ3v) is 5.79. The van der Waals surface area contributed by atoms with Gasteiger partial charge >= 0.3 is 0 Å². The molecule has 1 aliphatic heterocycles. The second kappa shape index (κ2) is 8.53. The Morgan fingerprint density at radius 2 is 1.86 bits per heavy atom. The van der Waals surface area contributed by atoms with E-state index in [4.69, 9.17) is 0 Å². The van der Waals surface area contributed by atoms with Crippen LogP contribution in [-0.2, 0) is 0 Å². The number of hydrogen-bond acceptors (Lipinski definition) is 2. The standard InChI is InChI=1S/C19H38N2/c1-4-18-8-7-12-21(13-9-18)16-19(10-5-6-11-19)15-20-14-17(2)3/h17-18,20H,4-16H2,1-3H3. The van der Waals surface area contributed by atoms with Gasteiger partial charge in [0.25, 0.3) is 0 Å². The maximum absolute atomic E-state index is 3.77. The van der Waals surface area contributed by atoms with Crippen molar-refractivity contribution in [2.24, 2.45) is 17.3 Å². The van der Waals surface area contributed by atoms with Crippen molar-refractivity contribution in [1.82, 2.24) is 10.2 Å². The fourth-order valence-electron chi connectivity index (χ4n) is 4.41. The van der Waals surface area contributed by atoms with Crippen LogP contribution in [0.15, 0.2) is 0 Å². The van der Waals surface area contributed by atoms with Gasteiger partial charge in [0.05, 0.1) is 0 Å². The van der Waals surface area contributed by atoms with Crippen molar-refractivity contribution >= 4 is 0 Å². The summed E-state index contributed by atoms with van der Waals surface area (Å²) < 4.78 is 0. The summed E-state index contributed by atoms with van der Waals surface area (Å²) in [6.07, 6.45) is 11.5. The summed E-state index contributed by atoms with van der Waals surface area (Å²) in [7, 11) is 0. The van der Waals surface area contributed by atoms with Crippen molar-refractivity contribution < 1.29 is 0 Å². The van der Waals surface area contributed by atoms with Gasteiger partial charge in [-0.2, -0.15) is 0 Å². The molecule has 0 aromatic heterocycles. The van der Waals surface area contributed by atoms with E-state index in [0.29, 0.717) is 5.41 Å². The maximum Gasteiger partial charge on any atom is 0.00501 e. The monoisotopic (exact) mass is 294 g/mol. The normalized spacial score (nSPS) is 27.1. The molecule has 2 fully saturated rings. The van der Waals surface area contributed by atoms with Crippen LogP contribution in [0.3, 0.4) is 0 Å². The fourth-order valence-corrected chi connectivity index (χ4v) is 4.41. The SMILES string of the molecule is CCC1CCCN(CC2(CNCC(C)C)CCCC2)CC1. The molecule has 0 aromatic carbocycles. The van der Waals surface area contributed by atoms with Crippen LogP contribution in [0.25, 0.3) is 0 Å². The quantitative estimate of drug-likeness (QED) is 0.753. The summed E-state index contributed by atoms with van der Waals surface area (Å²) in [5, 5.41) is 3.77. The van der Waals surface area contributed by atoms with Crippen LogP contribution in [0.4, 0.5) is 0 Å². The molecule has 124 valence electrons. The first kappa shape index (κ1) is 17.3. The van der Waals surface area contributed by atoms with Crippen LogP contribution in [0.2, 0.25) is 0 Å². The van der Waals surface area contributed by atoms with E-state index in [-0.39, 0.29) is 0 Å². The highest BCUT2D eigenvalue weighted by Gasteiger charge is 2.35. The Bertz CT molecular complexity index is 281. The molecule has 1 atom stereocenters. The zero-order valence-electron chi connectivity index (χ0n) is 14.8. The molecule has 2 heteroatoms. The number of hydrogen-bond donors (Lipinski definition) is 1. The second-order valence-electron chi connectivity index (χ2n) is 8.21. The summed E-state index contributed by atoms with van der Waals surface area (Å²) in [5.41, 5.74) is 0.584. The zero-order chi connectivity index (χ0) is 15.1. The van der Waals surface area contributed by atoms with E-state index in [9.17, 15) is 0 Å². The Kier molecular flexibility index (Phi) is 7.01. The van der Waals surface area contributed by atoms with Gasteiger partial charge in [0.2, 0.25) is 0 Å². The predicted molar refractivity (Wildman–Crippen MR) is 92.7 cm³/mol. The first-order valence-electron chi connectivity index (χ1n) is 9.56. The van der Waals surface area contributed by atoms with Crippen LogP contribution >= 0.6 is 0 Å². The van der Waals surface area contributed by atoms with Crippen LogP contribution in [0.1, 0.15) is 72.1 Å². The Morgan fingerprint density at radius 3 is 2.52 bits per heavy atom. The maximum atomic E-state index is 3.77. The van der Waals surface area contributed by atoms with Gasteiger partial charge in [0.15, 0.2) is 0 Å². The van der Waals surface area contributed by atoms with Gasteiger partial charge in [0, 0.05) is 13.1 Å². The van der Waals surface area contributed by atoms with Gasteiger partial charge in [-0.1, -0.05) is 40.0 Å². The van der Waals surface area contributed by atoms with Crippen molar-refractivity contribution in [3.05, 3.63) is 0 Å². The molecule has 21 heavy (non-hydrogen) atoms. The van der Waals surface area contributed by atoms with E-state index >= 15 is 0 Å². The highest BCUT2D eigenvalue weighted by molar-refractivity contribution is 4.90. The number of rotatable bonds is 7. The van der Waals surface area contributed by atoms with E-state index < -0.39 is 0 Å². The number of nitrogens with one attached hydrogen (secondary N) is 1.